The fourth-order valence-electron chi connectivity index (χ4n) is 1.99. The lowest BCUT2D eigenvalue weighted by Crippen LogP contribution is -2.33. The lowest BCUT2D eigenvalue weighted by Gasteiger charge is -2.14. The molecule has 0 saturated heterocycles. The summed E-state index contributed by atoms with van der Waals surface area (Å²) in [5, 5.41) is 3.14. The van der Waals surface area contributed by atoms with Gasteiger partial charge in [0.2, 0.25) is 0 Å². The van der Waals surface area contributed by atoms with Crippen LogP contribution in [0.3, 0.4) is 0 Å². The molecule has 0 heterocycles. The van der Waals surface area contributed by atoms with E-state index in [0.29, 0.717) is 12.5 Å². The quantitative estimate of drug-likeness (QED) is 0.286. The maximum absolute atomic E-state index is 5.85. The van der Waals surface area contributed by atoms with E-state index in [1.165, 1.54) is 19.3 Å². The molecule has 1 unspecified atom stereocenters. The summed E-state index contributed by atoms with van der Waals surface area (Å²) >= 11 is 0. The highest BCUT2D eigenvalue weighted by Crippen LogP contribution is 2.15. The van der Waals surface area contributed by atoms with Crippen LogP contribution in [0.4, 0.5) is 0 Å². The van der Waals surface area contributed by atoms with Crippen molar-refractivity contribution in [2.45, 2.75) is 38.7 Å². The topological polar surface area (TPSA) is 59.6 Å². The Balaban J connectivity index is 0.00000400. The third-order valence-corrected chi connectivity index (χ3v) is 3.22. The summed E-state index contributed by atoms with van der Waals surface area (Å²) in [4.78, 5) is 4.35. The van der Waals surface area contributed by atoms with Crippen LogP contribution in [0.25, 0.3) is 0 Å². The van der Waals surface area contributed by atoms with Gasteiger partial charge < -0.3 is 15.8 Å². The Bertz CT molecular complexity index is 384. The van der Waals surface area contributed by atoms with Gasteiger partial charge in [-0.25, -0.2) is 0 Å². The van der Waals surface area contributed by atoms with E-state index < -0.39 is 0 Å². The van der Waals surface area contributed by atoms with Crippen LogP contribution in [0, 0.1) is 0 Å². The van der Waals surface area contributed by atoms with Crippen molar-refractivity contribution in [3.8, 4) is 0 Å². The molecule has 0 aliphatic rings. The summed E-state index contributed by atoms with van der Waals surface area (Å²) in [6.07, 6.45) is 4.85. The first kappa shape index (κ1) is 20.2. The smallest absolute Gasteiger partial charge is 0.188 e. The van der Waals surface area contributed by atoms with Gasteiger partial charge in [0.1, 0.15) is 6.10 Å². The number of nitrogens with one attached hydrogen (secondary N) is 1. The van der Waals surface area contributed by atoms with Crippen LogP contribution >= 0.6 is 24.0 Å². The van der Waals surface area contributed by atoms with Crippen LogP contribution in [0.5, 0.6) is 0 Å². The minimum Gasteiger partial charge on any atom is -0.375 e. The molecule has 0 spiro atoms. The van der Waals surface area contributed by atoms with Crippen molar-refractivity contribution in [3.63, 3.8) is 0 Å². The van der Waals surface area contributed by atoms with Crippen LogP contribution in [-0.2, 0) is 4.74 Å². The monoisotopic (exact) mass is 405 g/mol. The summed E-state index contributed by atoms with van der Waals surface area (Å²) < 4.78 is 5.45. The fraction of sp³-hybridized carbons (Fsp3) is 0.562. The predicted molar refractivity (Wildman–Crippen MR) is 100 cm³/mol. The molecule has 5 heteroatoms. The molecule has 0 bridgehead atoms. The van der Waals surface area contributed by atoms with Crippen molar-refractivity contribution in [2.75, 3.05) is 20.2 Å². The normalized spacial score (nSPS) is 12.6. The summed E-state index contributed by atoms with van der Waals surface area (Å²) in [5.41, 5.74) is 6.97. The van der Waals surface area contributed by atoms with E-state index in [1.54, 1.807) is 7.11 Å². The summed E-state index contributed by atoms with van der Waals surface area (Å²) in [6, 6.07) is 10.1. The molecule has 0 aromatic heterocycles. The minimum atomic E-state index is -0.0448. The second kappa shape index (κ2) is 12.9. The molecular weight excluding hydrogens is 377 g/mol. The molecule has 21 heavy (non-hydrogen) atoms. The van der Waals surface area contributed by atoms with E-state index in [9.17, 15) is 0 Å². The van der Waals surface area contributed by atoms with Crippen LogP contribution in [-0.4, -0.2) is 26.2 Å². The number of hydrogen-bond acceptors (Lipinski definition) is 2. The number of aliphatic imine (C=N–C) groups is 1. The van der Waals surface area contributed by atoms with Crippen LogP contribution in [0.2, 0.25) is 0 Å². The molecule has 1 aromatic carbocycles. The average molecular weight is 405 g/mol. The van der Waals surface area contributed by atoms with Crippen molar-refractivity contribution in [3.05, 3.63) is 35.9 Å². The van der Waals surface area contributed by atoms with Crippen molar-refractivity contribution in [1.29, 1.82) is 0 Å². The summed E-state index contributed by atoms with van der Waals surface area (Å²) in [6.45, 7) is 3.63. The molecule has 3 N–H and O–H groups in total. The average Bonchev–Trinajstić information content (AvgIpc) is 2.49. The zero-order chi connectivity index (χ0) is 14.6. The number of benzene rings is 1. The first-order chi connectivity index (χ1) is 9.77. The second-order valence-corrected chi connectivity index (χ2v) is 4.85. The summed E-state index contributed by atoms with van der Waals surface area (Å²) in [7, 11) is 1.70. The molecule has 120 valence electrons. The molecular formula is C16H28IN3O. The third kappa shape index (κ3) is 8.93. The molecule has 0 aliphatic carbocycles. The second-order valence-electron chi connectivity index (χ2n) is 4.85. The van der Waals surface area contributed by atoms with Gasteiger partial charge in [-0.05, 0) is 12.0 Å². The highest BCUT2D eigenvalue weighted by atomic mass is 127. The van der Waals surface area contributed by atoms with Gasteiger partial charge in [-0.1, -0.05) is 56.5 Å². The van der Waals surface area contributed by atoms with Gasteiger partial charge in [0, 0.05) is 13.7 Å². The van der Waals surface area contributed by atoms with Gasteiger partial charge in [0.15, 0.2) is 5.96 Å². The number of nitrogens with two attached hydrogens (primary N) is 1. The Hall–Kier alpha value is -0.820. The molecule has 4 nitrogen and oxygen atoms in total. The van der Waals surface area contributed by atoms with Crippen LogP contribution < -0.4 is 11.1 Å². The standard InChI is InChI=1S/C16H27N3O.HI/c1-3-4-5-9-12-18-16(17)19-13-15(20-2)14-10-7-6-8-11-14;/h6-8,10-11,15H,3-5,9,12-13H2,1-2H3,(H3,17,18,19);1H. The number of ether oxygens (including phenoxy) is 1. The predicted octanol–water partition coefficient (Wildman–Crippen LogP) is 3.48. The van der Waals surface area contributed by atoms with E-state index in [0.717, 1.165) is 18.5 Å². The van der Waals surface area contributed by atoms with E-state index >= 15 is 0 Å². The molecule has 1 aromatic rings. The third-order valence-electron chi connectivity index (χ3n) is 3.22. The van der Waals surface area contributed by atoms with Crippen molar-refractivity contribution >= 4 is 29.9 Å². The van der Waals surface area contributed by atoms with Gasteiger partial charge in [0.25, 0.3) is 0 Å². The molecule has 0 radical (unpaired) electrons. The number of guanidine groups is 1. The number of rotatable bonds is 9. The number of methoxy groups -OCH3 is 1. The highest BCUT2D eigenvalue weighted by Gasteiger charge is 2.08. The van der Waals surface area contributed by atoms with Crippen molar-refractivity contribution < 1.29 is 4.74 Å². The number of hydrogen-bond donors (Lipinski definition) is 2. The zero-order valence-electron chi connectivity index (χ0n) is 13.0. The SMILES string of the molecule is CCCCCCNC(N)=NCC(OC)c1ccccc1.I. The first-order valence-corrected chi connectivity index (χ1v) is 7.39. The van der Waals surface area contributed by atoms with Gasteiger partial charge in [-0.15, -0.1) is 24.0 Å². The largest absolute Gasteiger partial charge is 0.375 e. The maximum atomic E-state index is 5.85. The molecule has 1 rings (SSSR count). The Morgan fingerprint density at radius 2 is 1.95 bits per heavy atom. The number of halogens is 1. The first-order valence-electron chi connectivity index (χ1n) is 7.39. The van der Waals surface area contributed by atoms with Crippen LogP contribution in [0.15, 0.2) is 35.3 Å². The Kier molecular flexibility index (Phi) is 12.4. The van der Waals surface area contributed by atoms with Crippen molar-refractivity contribution in [2.24, 2.45) is 10.7 Å². The Morgan fingerprint density at radius 1 is 1.24 bits per heavy atom. The van der Waals surface area contributed by atoms with E-state index in [-0.39, 0.29) is 30.1 Å². The molecule has 0 saturated carbocycles. The van der Waals surface area contributed by atoms with E-state index in [4.69, 9.17) is 10.5 Å². The van der Waals surface area contributed by atoms with Gasteiger partial charge in [-0.3, -0.25) is 4.99 Å². The molecule has 0 fully saturated rings. The van der Waals surface area contributed by atoms with Gasteiger partial charge in [-0.2, -0.15) is 0 Å². The zero-order valence-corrected chi connectivity index (χ0v) is 15.4. The van der Waals surface area contributed by atoms with Crippen molar-refractivity contribution in [1.82, 2.24) is 5.32 Å². The molecule has 1 atom stereocenters. The lowest BCUT2D eigenvalue weighted by atomic mass is 10.1. The number of nitrogens with zero attached hydrogens (tertiary/aromatic N) is 1. The Labute approximate surface area is 145 Å². The van der Waals surface area contributed by atoms with Gasteiger partial charge in [0.05, 0.1) is 6.54 Å². The Morgan fingerprint density at radius 3 is 2.57 bits per heavy atom. The minimum absolute atomic E-state index is 0. The van der Waals surface area contributed by atoms with E-state index in [1.807, 2.05) is 30.3 Å². The lowest BCUT2D eigenvalue weighted by molar-refractivity contribution is 0.111. The highest BCUT2D eigenvalue weighted by molar-refractivity contribution is 14.0. The van der Waals surface area contributed by atoms with E-state index in [2.05, 4.69) is 17.2 Å². The molecule has 0 aliphatic heterocycles. The fourth-order valence-corrected chi connectivity index (χ4v) is 1.99. The summed E-state index contributed by atoms with van der Waals surface area (Å²) in [5.74, 6) is 0.500. The molecule has 0 amide bonds. The van der Waals surface area contributed by atoms with Gasteiger partial charge >= 0.3 is 0 Å². The van der Waals surface area contributed by atoms with Crippen LogP contribution in [0.1, 0.15) is 44.3 Å². The maximum Gasteiger partial charge on any atom is 0.188 e. The number of unbranched alkanes of at least 4 members (excludes halogenated alkanes) is 3.